The molecule has 0 radical (unpaired) electrons. The van der Waals surface area contributed by atoms with Gasteiger partial charge in [-0.25, -0.2) is 4.39 Å². The number of benzene rings is 1. The van der Waals surface area contributed by atoms with E-state index in [4.69, 9.17) is 4.74 Å². The van der Waals surface area contributed by atoms with Gasteiger partial charge in [-0.05, 0) is 18.2 Å². The first-order chi connectivity index (χ1) is 6.56. The second kappa shape index (κ2) is 4.06. The van der Waals surface area contributed by atoms with Gasteiger partial charge in [0.05, 0.1) is 12.7 Å². The average molecular weight is 199 g/mol. The van der Waals surface area contributed by atoms with Gasteiger partial charge in [0.2, 0.25) is 0 Å². The van der Waals surface area contributed by atoms with E-state index in [0.717, 1.165) is 6.07 Å². The Balaban J connectivity index is 3.16. The van der Waals surface area contributed by atoms with Crippen LogP contribution in [0, 0.1) is 5.82 Å². The summed E-state index contributed by atoms with van der Waals surface area (Å²) in [6.07, 6.45) is 0. The van der Waals surface area contributed by atoms with Gasteiger partial charge in [-0.15, -0.1) is 0 Å². The van der Waals surface area contributed by atoms with Crippen molar-refractivity contribution in [3.63, 3.8) is 0 Å². The van der Waals surface area contributed by atoms with Crippen LogP contribution in [0.2, 0.25) is 0 Å². The summed E-state index contributed by atoms with van der Waals surface area (Å²) in [5.41, 5.74) is 3.52. The van der Waals surface area contributed by atoms with Crippen LogP contribution in [0.3, 0.4) is 0 Å². The van der Waals surface area contributed by atoms with Crippen molar-refractivity contribution in [1.82, 2.24) is 0 Å². The smallest absolute Gasteiger partial charge is 0.154 e. The zero-order valence-electron chi connectivity index (χ0n) is 7.62. The van der Waals surface area contributed by atoms with Crippen molar-refractivity contribution < 1.29 is 24.8 Å². The SMILES string of the molecule is COc1ccc(F)cc1[C@@H]([NH3+])C(=O)[O-]. The van der Waals surface area contributed by atoms with E-state index in [1.54, 1.807) is 0 Å². The van der Waals surface area contributed by atoms with Crippen LogP contribution < -0.4 is 15.6 Å². The minimum absolute atomic E-state index is 0.174. The maximum absolute atomic E-state index is 12.8. The lowest BCUT2D eigenvalue weighted by molar-refractivity contribution is -0.443. The number of hydrogen-bond donors (Lipinski definition) is 1. The van der Waals surface area contributed by atoms with Crippen LogP contribution in [-0.2, 0) is 4.79 Å². The third-order valence-corrected chi connectivity index (χ3v) is 1.85. The molecule has 4 nitrogen and oxygen atoms in total. The van der Waals surface area contributed by atoms with E-state index in [1.807, 2.05) is 0 Å². The zero-order valence-corrected chi connectivity index (χ0v) is 7.62. The monoisotopic (exact) mass is 199 g/mol. The Morgan fingerprint density at radius 1 is 1.64 bits per heavy atom. The minimum atomic E-state index is -1.37. The molecule has 0 bridgehead atoms. The van der Waals surface area contributed by atoms with Crippen LogP contribution >= 0.6 is 0 Å². The molecule has 14 heavy (non-hydrogen) atoms. The summed E-state index contributed by atoms with van der Waals surface area (Å²) in [6, 6.07) is 2.48. The Morgan fingerprint density at radius 2 is 2.29 bits per heavy atom. The first-order valence-corrected chi connectivity index (χ1v) is 3.93. The van der Waals surface area contributed by atoms with Crippen molar-refractivity contribution in [2.45, 2.75) is 6.04 Å². The summed E-state index contributed by atoms with van der Waals surface area (Å²) >= 11 is 0. The highest BCUT2D eigenvalue weighted by Gasteiger charge is 2.16. The van der Waals surface area contributed by atoms with Crippen molar-refractivity contribution in [3.8, 4) is 5.75 Å². The van der Waals surface area contributed by atoms with Gasteiger partial charge in [-0.2, -0.15) is 0 Å². The largest absolute Gasteiger partial charge is 0.544 e. The van der Waals surface area contributed by atoms with Crippen LogP contribution in [-0.4, -0.2) is 13.1 Å². The maximum atomic E-state index is 12.8. The fraction of sp³-hybridized carbons (Fsp3) is 0.222. The number of methoxy groups -OCH3 is 1. The minimum Gasteiger partial charge on any atom is -0.544 e. The number of aliphatic carboxylic acids is 1. The summed E-state index contributed by atoms with van der Waals surface area (Å²) < 4.78 is 17.7. The van der Waals surface area contributed by atoms with Crippen molar-refractivity contribution in [1.29, 1.82) is 0 Å². The van der Waals surface area contributed by atoms with Crippen molar-refractivity contribution in [3.05, 3.63) is 29.6 Å². The second-order valence-corrected chi connectivity index (χ2v) is 2.76. The zero-order chi connectivity index (χ0) is 10.7. The van der Waals surface area contributed by atoms with Gasteiger partial charge in [0, 0.05) is 0 Å². The normalized spacial score (nSPS) is 12.2. The predicted molar refractivity (Wildman–Crippen MR) is 43.6 cm³/mol. The molecule has 76 valence electrons. The molecule has 0 unspecified atom stereocenters. The lowest BCUT2D eigenvalue weighted by Crippen LogP contribution is -2.61. The summed E-state index contributed by atoms with van der Waals surface area (Å²) in [7, 11) is 1.37. The molecule has 0 aliphatic heterocycles. The lowest BCUT2D eigenvalue weighted by atomic mass is 10.1. The molecule has 5 heteroatoms. The predicted octanol–water partition coefficient (Wildman–Crippen LogP) is -1.13. The van der Waals surface area contributed by atoms with Gasteiger partial charge >= 0.3 is 0 Å². The van der Waals surface area contributed by atoms with E-state index in [-0.39, 0.29) is 11.3 Å². The van der Waals surface area contributed by atoms with E-state index in [9.17, 15) is 14.3 Å². The molecule has 0 aliphatic carbocycles. The molecule has 1 atom stereocenters. The topological polar surface area (TPSA) is 77.0 Å². The highest BCUT2D eigenvalue weighted by Crippen LogP contribution is 2.23. The van der Waals surface area contributed by atoms with Crippen molar-refractivity contribution in [2.75, 3.05) is 7.11 Å². The highest BCUT2D eigenvalue weighted by atomic mass is 19.1. The van der Waals surface area contributed by atoms with E-state index in [1.165, 1.54) is 19.2 Å². The van der Waals surface area contributed by atoms with E-state index in [2.05, 4.69) is 5.73 Å². The van der Waals surface area contributed by atoms with Crippen molar-refractivity contribution in [2.24, 2.45) is 0 Å². The molecule has 0 heterocycles. The fourth-order valence-corrected chi connectivity index (χ4v) is 1.10. The molecular formula is C9H10FNO3. The van der Waals surface area contributed by atoms with Crippen LogP contribution in [0.5, 0.6) is 5.75 Å². The molecular weight excluding hydrogens is 189 g/mol. The maximum Gasteiger partial charge on any atom is 0.154 e. The van der Waals surface area contributed by atoms with Crippen LogP contribution in [0.25, 0.3) is 0 Å². The number of ether oxygens (including phenoxy) is 1. The van der Waals surface area contributed by atoms with Gasteiger partial charge < -0.3 is 20.4 Å². The molecule has 0 aliphatic rings. The third-order valence-electron chi connectivity index (χ3n) is 1.85. The number of carbonyl (C=O) groups excluding carboxylic acids is 1. The van der Waals surface area contributed by atoms with Crippen LogP contribution in [0.1, 0.15) is 11.6 Å². The molecule has 1 aromatic carbocycles. The first kappa shape index (κ1) is 10.5. The molecule has 1 aromatic rings. The number of rotatable bonds is 3. The van der Waals surface area contributed by atoms with E-state index >= 15 is 0 Å². The molecule has 0 spiro atoms. The van der Waals surface area contributed by atoms with E-state index < -0.39 is 17.8 Å². The van der Waals surface area contributed by atoms with Crippen LogP contribution in [0.15, 0.2) is 18.2 Å². The second-order valence-electron chi connectivity index (χ2n) is 2.76. The van der Waals surface area contributed by atoms with Gasteiger partial charge in [0.1, 0.15) is 17.5 Å². The van der Waals surface area contributed by atoms with Gasteiger partial charge in [0.25, 0.3) is 0 Å². The lowest BCUT2D eigenvalue weighted by Gasteiger charge is -2.13. The number of carbonyl (C=O) groups is 1. The molecule has 0 saturated heterocycles. The Labute approximate surface area is 80.1 Å². The number of quaternary nitrogens is 1. The van der Waals surface area contributed by atoms with Crippen molar-refractivity contribution >= 4 is 5.97 Å². The van der Waals surface area contributed by atoms with Gasteiger partial charge in [0.15, 0.2) is 6.04 Å². The number of carboxylic acid groups (broad SMARTS) is 1. The quantitative estimate of drug-likeness (QED) is 0.669. The standard InChI is InChI=1S/C9H10FNO3/c1-14-7-3-2-5(10)4-6(7)8(11)9(12)13/h2-4,8H,11H2,1H3,(H,12,13)/t8-/m1/s1. The third kappa shape index (κ3) is 2.00. The number of halogens is 1. The Morgan fingerprint density at radius 3 is 2.79 bits per heavy atom. The Bertz CT molecular complexity index is 354. The fourth-order valence-electron chi connectivity index (χ4n) is 1.10. The van der Waals surface area contributed by atoms with Gasteiger partial charge in [-0.3, -0.25) is 0 Å². The molecule has 0 fully saturated rings. The molecule has 1 rings (SSSR count). The Kier molecular flexibility index (Phi) is 3.03. The molecule has 3 N–H and O–H groups in total. The molecule has 0 aromatic heterocycles. The summed E-state index contributed by atoms with van der Waals surface area (Å²) in [5.74, 6) is -1.61. The van der Waals surface area contributed by atoms with Crippen LogP contribution in [0.4, 0.5) is 4.39 Å². The number of hydrogen-bond acceptors (Lipinski definition) is 3. The summed E-state index contributed by atoms with van der Waals surface area (Å²) in [5, 5.41) is 10.5. The first-order valence-electron chi connectivity index (χ1n) is 3.93. The van der Waals surface area contributed by atoms with Gasteiger partial charge in [-0.1, -0.05) is 0 Å². The Hall–Kier alpha value is -1.62. The summed E-state index contributed by atoms with van der Waals surface area (Å²) in [6.45, 7) is 0. The molecule has 0 saturated carbocycles. The average Bonchev–Trinajstić information content (AvgIpc) is 2.16. The molecule has 0 amide bonds. The summed E-state index contributed by atoms with van der Waals surface area (Å²) in [4.78, 5) is 10.5. The number of carboxylic acids is 1. The van der Waals surface area contributed by atoms with E-state index in [0.29, 0.717) is 0 Å². The highest BCUT2D eigenvalue weighted by molar-refractivity contribution is 5.72.